The number of aliphatic carboxylic acids is 6. The third-order valence-electron chi connectivity index (χ3n) is 7.58. The van der Waals surface area contributed by atoms with Gasteiger partial charge in [-0.3, -0.25) is 57.5 Å². The quantitative estimate of drug-likeness (QED) is 0.0441. The highest BCUT2D eigenvalue weighted by Gasteiger charge is 2.36. The van der Waals surface area contributed by atoms with Gasteiger partial charge in [-0.1, -0.05) is 0 Å². The van der Waals surface area contributed by atoms with Crippen LogP contribution in [0.4, 0.5) is 0 Å². The minimum Gasteiger partial charge on any atom is -0.481 e. The summed E-state index contributed by atoms with van der Waals surface area (Å²) in [4.78, 5) is 145. The number of hydrogen-bond donors (Lipinski definition) is 8. The van der Waals surface area contributed by atoms with Gasteiger partial charge in [0.1, 0.15) is 29.7 Å². The summed E-state index contributed by atoms with van der Waals surface area (Å²) < 4.78 is 0. The van der Waals surface area contributed by atoms with Crippen LogP contribution in [-0.4, -0.2) is 119 Å². The molecular weight excluding hydrogens is 678 g/mol. The molecular formula is C30H39NO19. The van der Waals surface area contributed by atoms with Gasteiger partial charge in [-0.05, 0) is 0 Å². The first-order valence-corrected chi connectivity index (χ1v) is 14.9. The zero-order chi connectivity index (χ0) is 38.9. The number of rotatable bonds is 29. The van der Waals surface area contributed by atoms with E-state index in [1.54, 1.807) is 0 Å². The lowest BCUT2D eigenvalue weighted by Gasteiger charge is -2.22. The first-order chi connectivity index (χ1) is 23.1. The van der Waals surface area contributed by atoms with E-state index in [1.165, 1.54) is 0 Å². The Balaban J connectivity index is 6.24. The van der Waals surface area contributed by atoms with Crippen molar-refractivity contribution in [3.05, 3.63) is 0 Å². The maximum atomic E-state index is 13.3. The van der Waals surface area contributed by atoms with E-state index in [2.05, 4.69) is 0 Å². The molecule has 0 heterocycles. The van der Waals surface area contributed by atoms with Gasteiger partial charge in [0.25, 0.3) is 0 Å². The van der Waals surface area contributed by atoms with Gasteiger partial charge in [-0.15, -0.1) is 0 Å². The van der Waals surface area contributed by atoms with Gasteiger partial charge in [0.05, 0.1) is 44.6 Å². The Bertz CT molecular complexity index is 1370. The molecule has 0 amide bonds. The summed E-state index contributed by atoms with van der Waals surface area (Å²) in [6.07, 6.45) is -10.8. The topological polar surface area (TPSA) is 372 Å². The highest BCUT2D eigenvalue weighted by atomic mass is 16.4. The fourth-order valence-corrected chi connectivity index (χ4v) is 5.02. The number of nitrogens with two attached hydrogens (primary N) is 1. The molecule has 278 valence electrons. The second kappa shape index (κ2) is 21.7. The lowest BCUT2D eigenvalue weighted by molar-refractivity contribution is -0.146. The van der Waals surface area contributed by atoms with E-state index >= 15 is 0 Å². The van der Waals surface area contributed by atoms with E-state index in [9.17, 15) is 78.0 Å². The number of Topliss-reactive ketones (excluding diaryl/α,β-unsaturated/α-hetero) is 6. The van der Waals surface area contributed by atoms with Crippen molar-refractivity contribution < 1.29 is 93.3 Å². The fraction of sp³-hybridized carbons (Fsp3) is 0.600. The molecule has 0 aromatic carbocycles. The van der Waals surface area contributed by atoms with Crippen molar-refractivity contribution in [2.75, 3.05) is 6.61 Å². The molecule has 6 atom stereocenters. The largest absolute Gasteiger partial charge is 0.481 e. The summed E-state index contributed by atoms with van der Waals surface area (Å²) in [7, 11) is 0. The van der Waals surface area contributed by atoms with Crippen LogP contribution >= 0.6 is 0 Å². The van der Waals surface area contributed by atoms with E-state index < -0.39 is 183 Å². The van der Waals surface area contributed by atoms with Crippen LogP contribution in [0, 0.1) is 29.6 Å². The Morgan fingerprint density at radius 3 is 0.720 bits per heavy atom. The summed E-state index contributed by atoms with van der Waals surface area (Å²) in [5, 5.41) is 64.2. The van der Waals surface area contributed by atoms with E-state index in [0.29, 0.717) is 0 Å². The molecule has 9 N–H and O–H groups in total. The Hall–Kier alpha value is -5.24. The summed E-state index contributed by atoms with van der Waals surface area (Å²) in [5.41, 5.74) is 5.47. The number of carboxylic acid groups (broad SMARTS) is 6. The molecule has 0 aromatic heterocycles. The summed E-state index contributed by atoms with van der Waals surface area (Å²) >= 11 is 0. The molecule has 0 aliphatic rings. The maximum Gasteiger partial charge on any atom is 0.305 e. The average Bonchev–Trinajstić information content (AvgIpc) is 2.97. The van der Waals surface area contributed by atoms with Gasteiger partial charge in [0.2, 0.25) is 0 Å². The van der Waals surface area contributed by atoms with Gasteiger partial charge in [-0.25, -0.2) is 0 Å². The lowest BCUT2D eigenvalue weighted by atomic mass is 9.79. The third kappa shape index (κ3) is 17.8. The van der Waals surface area contributed by atoms with Gasteiger partial charge in [-0.2, -0.15) is 0 Å². The van der Waals surface area contributed by atoms with Crippen molar-refractivity contribution in [3.63, 3.8) is 0 Å². The standard InChI is InChI=1S/C30H39NO19/c31-18(11-30(49)50)23(37)5-16(9-28(45)46)21(35)3-14(7-26(41)42)19(33)1-13(6-25(39)40)20(34)2-15(8-27(43)44)22(36)4-17(10-29(47)48)24(38)12-32/h13-18,32H,1-12,31H2,(H,39,40)(H,41,42)(H,43,44)(H,45,46)(H,47,48)(H,49,50). The van der Waals surface area contributed by atoms with Crippen molar-refractivity contribution >= 4 is 70.5 Å². The van der Waals surface area contributed by atoms with E-state index in [0.717, 1.165) is 0 Å². The first kappa shape index (κ1) is 44.8. The van der Waals surface area contributed by atoms with E-state index in [1.807, 2.05) is 0 Å². The molecule has 20 heteroatoms. The Kier molecular flexibility index (Phi) is 19.4. The number of aliphatic hydroxyl groups is 1. The predicted molar refractivity (Wildman–Crippen MR) is 159 cm³/mol. The molecule has 6 unspecified atom stereocenters. The molecule has 0 rings (SSSR count). The second-order valence-electron chi connectivity index (χ2n) is 11.7. The van der Waals surface area contributed by atoms with Crippen molar-refractivity contribution in [2.45, 2.75) is 76.7 Å². The third-order valence-corrected chi connectivity index (χ3v) is 7.58. The van der Waals surface area contributed by atoms with Crippen molar-refractivity contribution in [3.8, 4) is 0 Å². The minimum absolute atomic E-state index is 0.853. The molecule has 0 fully saturated rings. The van der Waals surface area contributed by atoms with E-state index in [-0.39, 0.29) is 0 Å². The van der Waals surface area contributed by atoms with Gasteiger partial charge in [0.15, 0.2) is 11.6 Å². The minimum atomic E-state index is -1.81. The Morgan fingerprint density at radius 1 is 0.320 bits per heavy atom. The number of carbonyl (C=O) groups is 12. The highest BCUT2D eigenvalue weighted by molar-refractivity contribution is 5.99. The van der Waals surface area contributed by atoms with Crippen molar-refractivity contribution in [1.29, 1.82) is 0 Å². The normalized spacial score (nSPS) is 14.5. The SMILES string of the molecule is NC(CC(=O)O)C(=O)CC(CC(=O)O)C(=O)CC(CC(=O)O)C(=O)CC(CC(=O)O)C(=O)CC(CC(=O)O)C(=O)CC(CC(=O)O)C(=O)CO. The molecule has 0 aromatic rings. The van der Waals surface area contributed by atoms with Gasteiger partial charge in [0, 0.05) is 61.7 Å². The Labute approximate surface area is 282 Å². The lowest BCUT2D eigenvalue weighted by Crippen LogP contribution is -2.36. The molecule has 20 nitrogen and oxygen atoms in total. The van der Waals surface area contributed by atoms with Crippen LogP contribution in [0.5, 0.6) is 0 Å². The van der Waals surface area contributed by atoms with Crippen LogP contribution in [0.3, 0.4) is 0 Å². The van der Waals surface area contributed by atoms with Crippen LogP contribution in [-0.2, 0) is 57.5 Å². The monoisotopic (exact) mass is 717 g/mol. The summed E-state index contributed by atoms with van der Waals surface area (Å²) in [5.74, 6) is -24.7. The van der Waals surface area contributed by atoms with Crippen LogP contribution < -0.4 is 5.73 Å². The number of ketones is 6. The number of aliphatic hydroxyl groups excluding tert-OH is 1. The zero-order valence-corrected chi connectivity index (χ0v) is 26.6. The fourth-order valence-electron chi connectivity index (χ4n) is 5.02. The summed E-state index contributed by atoms with van der Waals surface area (Å²) in [6, 6.07) is -1.62. The summed E-state index contributed by atoms with van der Waals surface area (Å²) in [6.45, 7) is -1.15. The number of carboxylic acids is 6. The maximum absolute atomic E-state index is 13.3. The molecule has 0 radical (unpaired) electrons. The average molecular weight is 718 g/mol. The molecule has 0 saturated carbocycles. The molecule has 0 spiro atoms. The second-order valence-corrected chi connectivity index (χ2v) is 11.7. The van der Waals surface area contributed by atoms with Crippen LogP contribution in [0.2, 0.25) is 0 Å². The van der Waals surface area contributed by atoms with Gasteiger partial charge >= 0.3 is 35.8 Å². The van der Waals surface area contributed by atoms with Crippen LogP contribution in [0.25, 0.3) is 0 Å². The van der Waals surface area contributed by atoms with Gasteiger partial charge < -0.3 is 41.5 Å². The number of carbonyl (C=O) groups excluding carboxylic acids is 6. The van der Waals surface area contributed by atoms with Crippen LogP contribution in [0.1, 0.15) is 70.6 Å². The van der Waals surface area contributed by atoms with Crippen molar-refractivity contribution in [2.24, 2.45) is 35.3 Å². The molecule has 0 aliphatic heterocycles. The smallest absolute Gasteiger partial charge is 0.305 e. The molecule has 0 bridgehead atoms. The zero-order valence-electron chi connectivity index (χ0n) is 26.6. The predicted octanol–water partition coefficient (Wildman–Crippen LogP) is -1.40. The molecule has 0 saturated heterocycles. The first-order valence-electron chi connectivity index (χ1n) is 14.9. The van der Waals surface area contributed by atoms with E-state index in [4.69, 9.17) is 21.1 Å². The van der Waals surface area contributed by atoms with Crippen molar-refractivity contribution in [1.82, 2.24) is 0 Å². The molecule has 0 aliphatic carbocycles. The highest BCUT2D eigenvalue weighted by Crippen LogP contribution is 2.27. The molecule has 50 heavy (non-hydrogen) atoms. The number of hydrogen-bond acceptors (Lipinski definition) is 14. The van der Waals surface area contributed by atoms with Crippen LogP contribution in [0.15, 0.2) is 0 Å². The Morgan fingerprint density at radius 2 is 0.520 bits per heavy atom.